The molecule has 0 saturated heterocycles. The molecule has 1 rings (SSSR count). The molecule has 0 radical (unpaired) electrons. The Labute approximate surface area is 141 Å². The van der Waals surface area contributed by atoms with E-state index in [9.17, 15) is 53.1 Å². The van der Waals surface area contributed by atoms with E-state index in [1.54, 1.807) is 0 Å². The molecule has 0 spiro atoms. The fourth-order valence-electron chi connectivity index (χ4n) is 1.48. The van der Waals surface area contributed by atoms with E-state index in [0.717, 1.165) is 12.1 Å². The SMILES string of the molecule is O=C(O)c1cccc(OC(F)=C(F)C(F)(F)C(F)(F)C(F)(F)C(F)(F)F)c1. The molecular formula is C13H5F11O3. The molecule has 0 bridgehead atoms. The van der Waals surface area contributed by atoms with Crippen LogP contribution in [-0.4, -0.2) is 35.0 Å². The molecule has 0 amide bonds. The number of ether oxygens (including phenoxy) is 1. The Morgan fingerprint density at radius 1 is 0.889 bits per heavy atom. The first-order valence-electron chi connectivity index (χ1n) is 6.24. The Morgan fingerprint density at radius 3 is 1.85 bits per heavy atom. The lowest BCUT2D eigenvalue weighted by atomic mass is 10.0. The van der Waals surface area contributed by atoms with E-state index >= 15 is 0 Å². The second-order valence-electron chi connectivity index (χ2n) is 4.74. The molecule has 0 aliphatic heterocycles. The summed E-state index contributed by atoms with van der Waals surface area (Å²) < 4.78 is 144. The maximum Gasteiger partial charge on any atom is 0.460 e. The summed E-state index contributed by atoms with van der Waals surface area (Å²) in [5.74, 6) is -28.6. The highest BCUT2D eigenvalue weighted by Gasteiger charge is 2.83. The third kappa shape index (κ3) is 3.93. The highest BCUT2D eigenvalue weighted by atomic mass is 19.4. The first-order chi connectivity index (χ1) is 12.0. The molecule has 0 aliphatic carbocycles. The highest BCUT2D eigenvalue weighted by molar-refractivity contribution is 5.88. The maximum atomic E-state index is 13.3. The Hall–Kier alpha value is -2.54. The minimum atomic E-state index is -7.43. The standard InChI is InChI=1S/C13H5F11O3/c14-7(8(15)27-6-3-1-2-5(4-6)9(25)26)10(16,17)11(18,19)12(20,21)13(22,23)24/h1-4H,(H,25,26). The molecule has 14 heteroatoms. The van der Waals surface area contributed by atoms with Gasteiger partial charge in [-0.2, -0.15) is 48.3 Å². The quantitative estimate of drug-likeness (QED) is 0.501. The number of hydrogen-bond acceptors (Lipinski definition) is 2. The summed E-state index contributed by atoms with van der Waals surface area (Å²) in [4.78, 5) is 10.6. The lowest BCUT2D eigenvalue weighted by molar-refractivity contribution is -0.392. The number of carboxylic acids is 1. The molecule has 27 heavy (non-hydrogen) atoms. The van der Waals surface area contributed by atoms with Gasteiger partial charge in [-0.05, 0) is 18.2 Å². The van der Waals surface area contributed by atoms with Crippen molar-refractivity contribution >= 4 is 5.97 Å². The van der Waals surface area contributed by atoms with Crippen LogP contribution in [0.3, 0.4) is 0 Å². The zero-order valence-electron chi connectivity index (χ0n) is 12.2. The van der Waals surface area contributed by atoms with Crippen LogP contribution < -0.4 is 4.74 Å². The molecule has 1 aromatic rings. The molecule has 1 N–H and O–H groups in total. The molecular weight excluding hydrogens is 413 g/mol. The summed E-state index contributed by atoms with van der Waals surface area (Å²) in [6.07, 6.45) is -7.21. The van der Waals surface area contributed by atoms with E-state index in [0.29, 0.717) is 12.1 Å². The van der Waals surface area contributed by atoms with Crippen molar-refractivity contribution < 1.29 is 62.9 Å². The summed E-state index contributed by atoms with van der Waals surface area (Å²) in [5, 5.41) is 8.61. The molecule has 1 aromatic carbocycles. The minimum Gasteiger partial charge on any atom is -0.478 e. The van der Waals surface area contributed by atoms with E-state index in [2.05, 4.69) is 4.74 Å². The topological polar surface area (TPSA) is 46.5 Å². The van der Waals surface area contributed by atoms with Crippen LogP contribution in [0.4, 0.5) is 48.3 Å². The number of carboxylic acid groups (broad SMARTS) is 1. The van der Waals surface area contributed by atoms with E-state index in [-0.39, 0.29) is 0 Å². The number of halogens is 11. The predicted octanol–water partition coefficient (Wildman–Crippen LogP) is 5.34. The summed E-state index contributed by atoms with van der Waals surface area (Å²) in [7, 11) is 0. The van der Waals surface area contributed by atoms with Crippen LogP contribution in [0.5, 0.6) is 5.75 Å². The van der Waals surface area contributed by atoms with Gasteiger partial charge in [0.15, 0.2) is 0 Å². The van der Waals surface area contributed by atoms with Gasteiger partial charge in [0.05, 0.1) is 5.56 Å². The molecule has 0 heterocycles. The first-order valence-corrected chi connectivity index (χ1v) is 6.24. The zero-order valence-corrected chi connectivity index (χ0v) is 12.2. The minimum absolute atomic E-state index is 0.399. The van der Waals surface area contributed by atoms with Crippen molar-refractivity contribution in [2.75, 3.05) is 0 Å². The van der Waals surface area contributed by atoms with E-state index in [4.69, 9.17) is 5.11 Å². The van der Waals surface area contributed by atoms with Crippen molar-refractivity contribution in [1.82, 2.24) is 0 Å². The predicted molar refractivity (Wildman–Crippen MR) is 64.2 cm³/mol. The van der Waals surface area contributed by atoms with Crippen molar-refractivity contribution in [3.8, 4) is 5.75 Å². The van der Waals surface area contributed by atoms with Gasteiger partial charge in [-0.3, -0.25) is 0 Å². The van der Waals surface area contributed by atoms with Crippen molar-refractivity contribution in [3.63, 3.8) is 0 Å². The fourth-order valence-corrected chi connectivity index (χ4v) is 1.48. The monoisotopic (exact) mass is 418 g/mol. The summed E-state index contributed by atoms with van der Waals surface area (Å²) >= 11 is 0. The largest absolute Gasteiger partial charge is 0.478 e. The number of alkyl halides is 9. The molecule has 152 valence electrons. The number of hydrogen-bond donors (Lipinski definition) is 1. The number of benzene rings is 1. The molecule has 0 unspecified atom stereocenters. The average Bonchev–Trinajstić information content (AvgIpc) is 2.52. The summed E-state index contributed by atoms with van der Waals surface area (Å²) in [5.41, 5.74) is -0.665. The van der Waals surface area contributed by atoms with Gasteiger partial charge in [0.25, 0.3) is 0 Å². The Morgan fingerprint density at radius 2 is 1.41 bits per heavy atom. The van der Waals surface area contributed by atoms with Gasteiger partial charge in [-0.25, -0.2) is 4.79 Å². The number of allylic oxidation sites excluding steroid dienone is 1. The number of aromatic carboxylic acids is 1. The number of carbonyl (C=O) groups is 1. The van der Waals surface area contributed by atoms with Gasteiger partial charge in [-0.15, -0.1) is 0 Å². The normalized spacial score (nSPS) is 14.6. The molecule has 0 aliphatic rings. The third-order valence-electron chi connectivity index (χ3n) is 2.88. The van der Waals surface area contributed by atoms with Crippen molar-refractivity contribution in [3.05, 3.63) is 41.7 Å². The molecule has 0 atom stereocenters. The Bertz CT molecular complexity index is 752. The van der Waals surface area contributed by atoms with Gasteiger partial charge in [0.2, 0.25) is 5.83 Å². The van der Waals surface area contributed by atoms with Crippen LogP contribution in [0.2, 0.25) is 0 Å². The van der Waals surface area contributed by atoms with E-state index in [1.165, 1.54) is 0 Å². The summed E-state index contributed by atoms with van der Waals surface area (Å²) in [6, 6.07) is -0.579. The molecule has 0 saturated carbocycles. The van der Waals surface area contributed by atoms with E-state index in [1.807, 2.05) is 0 Å². The smallest absolute Gasteiger partial charge is 0.460 e. The third-order valence-corrected chi connectivity index (χ3v) is 2.88. The second-order valence-corrected chi connectivity index (χ2v) is 4.74. The van der Waals surface area contributed by atoms with Crippen LogP contribution in [0.15, 0.2) is 36.1 Å². The van der Waals surface area contributed by atoms with Crippen LogP contribution in [0.25, 0.3) is 0 Å². The molecule has 0 aromatic heterocycles. The molecule has 0 fully saturated rings. The lowest BCUT2D eigenvalue weighted by Gasteiger charge is -2.32. The van der Waals surface area contributed by atoms with Crippen LogP contribution in [-0.2, 0) is 0 Å². The van der Waals surface area contributed by atoms with Crippen molar-refractivity contribution in [1.29, 1.82) is 0 Å². The molecule has 3 nitrogen and oxygen atoms in total. The Balaban J connectivity index is 3.32. The maximum absolute atomic E-state index is 13.3. The average molecular weight is 418 g/mol. The van der Waals surface area contributed by atoms with Crippen molar-refractivity contribution in [2.45, 2.75) is 23.9 Å². The van der Waals surface area contributed by atoms with Gasteiger partial charge in [-0.1, -0.05) is 6.07 Å². The lowest BCUT2D eigenvalue weighted by Crippen LogP contribution is -2.61. The van der Waals surface area contributed by atoms with Gasteiger partial charge >= 0.3 is 35.9 Å². The van der Waals surface area contributed by atoms with Gasteiger partial charge in [0.1, 0.15) is 5.75 Å². The second kappa shape index (κ2) is 6.88. The Kier molecular flexibility index (Phi) is 5.74. The van der Waals surface area contributed by atoms with Gasteiger partial charge in [0, 0.05) is 0 Å². The van der Waals surface area contributed by atoms with E-state index < -0.39 is 53.1 Å². The van der Waals surface area contributed by atoms with Crippen LogP contribution in [0.1, 0.15) is 10.4 Å². The van der Waals surface area contributed by atoms with Gasteiger partial charge < -0.3 is 9.84 Å². The number of rotatable bonds is 6. The zero-order chi connectivity index (χ0) is 21.4. The highest BCUT2D eigenvalue weighted by Crippen LogP contribution is 2.55. The summed E-state index contributed by atoms with van der Waals surface area (Å²) in [6.45, 7) is 0. The van der Waals surface area contributed by atoms with Crippen molar-refractivity contribution in [2.24, 2.45) is 0 Å². The van der Waals surface area contributed by atoms with Crippen LogP contribution in [0, 0.1) is 0 Å². The fraction of sp³-hybridized carbons (Fsp3) is 0.308. The first kappa shape index (κ1) is 22.5. The van der Waals surface area contributed by atoms with Crippen LogP contribution >= 0.6 is 0 Å².